The Hall–Kier alpha value is -2.58. The summed E-state index contributed by atoms with van der Waals surface area (Å²) in [5, 5.41) is 10.5. The van der Waals surface area contributed by atoms with E-state index in [-0.39, 0.29) is 41.5 Å². The molecule has 3 aliphatic rings. The van der Waals surface area contributed by atoms with E-state index in [0.29, 0.717) is 26.1 Å². The summed E-state index contributed by atoms with van der Waals surface area (Å²) in [6.45, 7) is 16.9. The van der Waals surface area contributed by atoms with Crippen LogP contribution in [0, 0.1) is 17.8 Å². The number of amides is 3. The first-order valence-corrected chi connectivity index (χ1v) is 16.0. The lowest BCUT2D eigenvalue weighted by atomic mass is 9.70. The Labute approximate surface area is 250 Å². The molecular formula is C33H47N3O4S. The van der Waals surface area contributed by atoms with Crippen molar-refractivity contribution in [1.82, 2.24) is 14.7 Å². The van der Waals surface area contributed by atoms with Gasteiger partial charge in [0.15, 0.2) is 0 Å². The highest BCUT2D eigenvalue weighted by Gasteiger charge is 2.74. The van der Waals surface area contributed by atoms with Crippen LogP contribution in [0.5, 0.6) is 0 Å². The van der Waals surface area contributed by atoms with Crippen molar-refractivity contribution in [3.63, 3.8) is 0 Å². The molecule has 1 aromatic rings. The first-order valence-electron chi connectivity index (χ1n) is 15.1. The number of aliphatic hydroxyl groups excluding tert-OH is 1. The molecule has 1 N–H and O–H groups in total. The van der Waals surface area contributed by atoms with Crippen LogP contribution in [-0.2, 0) is 20.9 Å². The molecule has 0 radical (unpaired) electrons. The second-order valence-electron chi connectivity index (χ2n) is 12.2. The molecule has 0 aliphatic carbocycles. The summed E-state index contributed by atoms with van der Waals surface area (Å²) in [6, 6.07) is 8.61. The summed E-state index contributed by atoms with van der Waals surface area (Å²) >= 11 is 1.68. The molecule has 3 saturated heterocycles. The van der Waals surface area contributed by atoms with Gasteiger partial charge in [-0.3, -0.25) is 14.4 Å². The Bertz CT molecular complexity index is 1130. The van der Waals surface area contributed by atoms with Crippen LogP contribution in [0.25, 0.3) is 0 Å². The van der Waals surface area contributed by atoms with Gasteiger partial charge in [0.2, 0.25) is 17.7 Å². The van der Waals surface area contributed by atoms with Crippen molar-refractivity contribution in [3.8, 4) is 0 Å². The van der Waals surface area contributed by atoms with E-state index in [1.165, 1.54) is 0 Å². The van der Waals surface area contributed by atoms with Crippen molar-refractivity contribution < 1.29 is 19.5 Å². The maximum absolute atomic E-state index is 14.6. The van der Waals surface area contributed by atoms with E-state index in [2.05, 4.69) is 27.0 Å². The number of likely N-dealkylation sites (tertiary alicyclic amines) is 1. The molecule has 1 aromatic carbocycles. The van der Waals surface area contributed by atoms with Gasteiger partial charge >= 0.3 is 0 Å². The van der Waals surface area contributed by atoms with Gasteiger partial charge in [-0.1, -0.05) is 69.7 Å². The van der Waals surface area contributed by atoms with Crippen LogP contribution in [0.4, 0.5) is 0 Å². The van der Waals surface area contributed by atoms with Gasteiger partial charge in [0.25, 0.3) is 0 Å². The fourth-order valence-corrected chi connectivity index (χ4v) is 9.58. The zero-order chi connectivity index (χ0) is 29.9. The Morgan fingerprint density at radius 2 is 1.83 bits per heavy atom. The highest BCUT2D eigenvalue weighted by Crippen LogP contribution is 2.67. The van der Waals surface area contributed by atoms with Gasteiger partial charge in [0.05, 0.1) is 29.2 Å². The molecule has 4 rings (SSSR count). The van der Waals surface area contributed by atoms with Crippen LogP contribution in [0.15, 0.2) is 55.6 Å². The summed E-state index contributed by atoms with van der Waals surface area (Å²) in [6.07, 6.45) is 6.74. The summed E-state index contributed by atoms with van der Waals surface area (Å²) < 4.78 is -0.695. The van der Waals surface area contributed by atoms with Gasteiger partial charge in [-0.05, 0) is 37.7 Å². The fraction of sp³-hybridized carbons (Fsp3) is 0.606. The van der Waals surface area contributed by atoms with Crippen LogP contribution < -0.4 is 0 Å². The first-order chi connectivity index (χ1) is 19.7. The molecule has 41 heavy (non-hydrogen) atoms. The lowest BCUT2D eigenvalue weighted by Crippen LogP contribution is -2.59. The number of hydrogen-bond donors (Lipinski definition) is 1. The standard InChI is InChI=1S/C33H47N3O4S/c1-7-13-23(6)35(19-9-3)32(40)29-33-17-16-26(41-33)27(28(33)31(39)36(29)25(21-37)22(4)5)30(38)34(18-8-2)20-24-14-11-10-12-15-24/h8-12,14-15,22-23,25-29,37H,2-3,7,13,16-21H2,1,4-6H3/t23?,25-,26+,27-,28-,29?,33?/m0/s1. The number of carbonyl (C=O) groups is 3. The van der Waals surface area contributed by atoms with E-state index in [1.54, 1.807) is 33.7 Å². The molecule has 0 saturated carbocycles. The maximum atomic E-state index is 14.6. The number of benzene rings is 1. The average Bonchev–Trinajstić information content (AvgIpc) is 3.59. The minimum atomic E-state index is -0.728. The largest absolute Gasteiger partial charge is 0.394 e. The Kier molecular flexibility index (Phi) is 10.1. The molecule has 0 aromatic heterocycles. The minimum absolute atomic E-state index is 0.0143. The molecule has 3 unspecified atom stereocenters. The number of nitrogens with zero attached hydrogens (tertiary/aromatic N) is 3. The average molecular weight is 582 g/mol. The lowest BCUT2D eigenvalue weighted by molar-refractivity contribution is -0.148. The van der Waals surface area contributed by atoms with Crippen molar-refractivity contribution in [3.05, 3.63) is 61.2 Å². The zero-order valence-electron chi connectivity index (χ0n) is 25.1. The Balaban J connectivity index is 1.76. The number of hydrogen-bond acceptors (Lipinski definition) is 5. The smallest absolute Gasteiger partial charge is 0.247 e. The highest BCUT2D eigenvalue weighted by atomic mass is 32.2. The summed E-state index contributed by atoms with van der Waals surface area (Å²) in [5.74, 6) is -1.47. The van der Waals surface area contributed by atoms with E-state index < -0.39 is 28.7 Å². The summed E-state index contributed by atoms with van der Waals surface area (Å²) in [5.41, 5.74) is 1.02. The highest BCUT2D eigenvalue weighted by molar-refractivity contribution is 8.02. The van der Waals surface area contributed by atoms with Crippen molar-refractivity contribution >= 4 is 29.5 Å². The number of aliphatic hydroxyl groups is 1. The van der Waals surface area contributed by atoms with Crippen LogP contribution >= 0.6 is 11.8 Å². The van der Waals surface area contributed by atoms with E-state index in [9.17, 15) is 19.5 Å². The lowest BCUT2D eigenvalue weighted by Gasteiger charge is -2.42. The topological polar surface area (TPSA) is 81.2 Å². The van der Waals surface area contributed by atoms with Gasteiger partial charge < -0.3 is 19.8 Å². The van der Waals surface area contributed by atoms with E-state index in [0.717, 1.165) is 24.8 Å². The van der Waals surface area contributed by atoms with Gasteiger partial charge in [-0.15, -0.1) is 24.9 Å². The molecule has 8 heteroatoms. The molecule has 3 aliphatic heterocycles. The number of rotatable bonds is 14. The molecule has 7 atom stereocenters. The second kappa shape index (κ2) is 13.2. The number of carbonyl (C=O) groups excluding carboxylic acids is 3. The van der Waals surface area contributed by atoms with Crippen LogP contribution in [-0.4, -0.2) is 85.3 Å². The molecule has 3 fully saturated rings. The predicted molar refractivity (Wildman–Crippen MR) is 165 cm³/mol. The molecule has 2 bridgehead atoms. The first kappa shape index (κ1) is 31.4. The van der Waals surface area contributed by atoms with Crippen molar-refractivity contribution in [1.29, 1.82) is 0 Å². The minimum Gasteiger partial charge on any atom is -0.394 e. The van der Waals surface area contributed by atoms with Crippen LogP contribution in [0.3, 0.4) is 0 Å². The second-order valence-corrected chi connectivity index (χ2v) is 13.8. The third-order valence-electron chi connectivity index (χ3n) is 9.30. The van der Waals surface area contributed by atoms with Gasteiger partial charge in [0, 0.05) is 30.9 Å². The van der Waals surface area contributed by atoms with E-state index >= 15 is 0 Å². The van der Waals surface area contributed by atoms with Crippen molar-refractivity contribution in [2.24, 2.45) is 17.8 Å². The van der Waals surface area contributed by atoms with Crippen molar-refractivity contribution in [2.75, 3.05) is 19.7 Å². The molecular weight excluding hydrogens is 534 g/mol. The summed E-state index contributed by atoms with van der Waals surface area (Å²) in [7, 11) is 0. The van der Waals surface area contributed by atoms with Crippen LogP contribution in [0.1, 0.15) is 58.9 Å². The normalized spacial score (nSPS) is 28.0. The SMILES string of the molecule is C=CCN(Cc1ccccc1)C(=O)[C@@H]1[C@H]2C(=O)N([C@@H](CO)C(C)C)C(C(=O)N(CC=C)C(C)CCC)C23CC[C@H]1S3. The summed E-state index contributed by atoms with van der Waals surface area (Å²) in [4.78, 5) is 48.8. The number of thioether (sulfide) groups is 1. The Morgan fingerprint density at radius 3 is 2.41 bits per heavy atom. The molecule has 7 nitrogen and oxygen atoms in total. The number of fused-ring (bicyclic) bond motifs is 1. The quantitative estimate of drug-likeness (QED) is 0.327. The molecule has 1 spiro atoms. The third kappa shape index (κ3) is 5.62. The van der Waals surface area contributed by atoms with Gasteiger partial charge in [-0.2, -0.15) is 0 Å². The Morgan fingerprint density at radius 1 is 1.15 bits per heavy atom. The van der Waals surface area contributed by atoms with E-state index in [4.69, 9.17) is 0 Å². The predicted octanol–water partition coefficient (Wildman–Crippen LogP) is 4.51. The zero-order valence-corrected chi connectivity index (χ0v) is 25.9. The van der Waals surface area contributed by atoms with E-state index in [1.807, 2.05) is 49.1 Å². The molecule has 3 amide bonds. The molecule has 224 valence electrons. The van der Waals surface area contributed by atoms with Gasteiger partial charge in [0.1, 0.15) is 6.04 Å². The van der Waals surface area contributed by atoms with Crippen LogP contribution in [0.2, 0.25) is 0 Å². The van der Waals surface area contributed by atoms with Gasteiger partial charge in [-0.25, -0.2) is 0 Å². The molecule has 3 heterocycles. The maximum Gasteiger partial charge on any atom is 0.247 e. The third-order valence-corrected chi connectivity index (χ3v) is 11.2. The fourth-order valence-electron chi connectivity index (χ4n) is 7.39. The van der Waals surface area contributed by atoms with Crippen molar-refractivity contribution in [2.45, 2.75) is 88.0 Å². The monoisotopic (exact) mass is 581 g/mol.